The Morgan fingerprint density at radius 1 is 1.24 bits per heavy atom. The number of carbonyl (C=O) groups is 2. The number of H-pyrrole nitrogens is 1. The van der Waals surface area contributed by atoms with Gasteiger partial charge in [0.2, 0.25) is 11.7 Å². The maximum absolute atomic E-state index is 12.6. The molecule has 0 bridgehead atoms. The van der Waals surface area contributed by atoms with Crippen LogP contribution < -0.4 is 5.56 Å². The summed E-state index contributed by atoms with van der Waals surface area (Å²) < 4.78 is 3.55. The lowest BCUT2D eigenvalue weighted by molar-refractivity contribution is -0.132. The van der Waals surface area contributed by atoms with E-state index in [1.807, 2.05) is 30.4 Å². The lowest BCUT2D eigenvalue weighted by Crippen LogP contribution is -2.40. The predicted octanol–water partition coefficient (Wildman–Crippen LogP) is 1.81. The van der Waals surface area contributed by atoms with Crippen molar-refractivity contribution in [2.75, 3.05) is 13.1 Å². The number of rotatable bonds is 6. The topological polar surface area (TPSA) is 92.5 Å². The minimum atomic E-state index is -0.113. The summed E-state index contributed by atoms with van der Waals surface area (Å²) in [4.78, 5) is 46.0. The van der Waals surface area contributed by atoms with Gasteiger partial charge in [-0.3, -0.25) is 14.4 Å². The van der Waals surface area contributed by atoms with Gasteiger partial charge in [-0.1, -0.05) is 0 Å². The van der Waals surface area contributed by atoms with Crippen LogP contribution in [0.15, 0.2) is 41.7 Å². The third-order valence-electron chi connectivity index (χ3n) is 5.68. The first-order chi connectivity index (χ1) is 14.0. The zero-order valence-corrected chi connectivity index (χ0v) is 16.5. The van der Waals surface area contributed by atoms with Crippen molar-refractivity contribution in [2.24, 2.45) is 13.0 Å². The van der Waals surface area contributed by atoms with Gasteiger partial charge >= 0.3 is 0 Å². The minimum absolute atomic E-state index is 0.0638. The first kappa shape index (κ1) is 19.2. The Labute approximate surface area is 168 Å². The second kappa shape index (κ2) is 8.06. The van der Waals surface area contributed by atoms with E-state index in [-0.39, 0.29) is 23.2 Å². The van der Waals surface area contributed by atoms with E-state index in [2.05, 4.69) is 9.97 Å². The van der Waals surface area contributed by atoms with Crippen molar-refractivity contribution in [3.05, 3.63) is 58.8 Å². The van der Waals surface area contributed by atoms with Crippen LogP contribution >= 0.6 is 0 Å². The van der Waals surface area contributed by atoms with Crippen LogP contribution in [0.25, 0.3) is 5.52 Å². The molecule has 0 aliphatic carbocycles. The summed E-state index contributed by atoms with van der Waals surface area (Å²) in [6.07, 6.45) is 10.2. The number of nitrogens with one attached hydrogen (secondary N) is 1. The Bertz CT molecular complexity index is 1090. The van der Waals surface area contributed by atoms with E-state index >= 15 is 0 Å². The van der Waals surface area contributed by atoms with E-state index in [1.165, 1.54) is 0 Å². The molecule has 152 valence electrons. The number of carbonyl (C=O) groups excluding carboxylic acids is 2. The summed E-state index contributed by atoms with van der Waals surface area (Å²) in [6, 6.07) is 3.61. The highest BCUT2D eigenvalue weighted by atomic mass is 16.2. The predicted molar refractivity (Wildman–Crippen MR) is 108 cm³/mol. The second-order valence-electron chi connectivity index (χ2n) is 7.64. The molecule has 0 unspecified atom stereocenters. The van der Waals surface area contributed by atoms with E-state index in [1.54, 1.807) is 27.4 Å². The number of imidazole rings is 1. The molecule has 8 heteroatoms. The van der Waals surface area contributed by atoms with Gasteiger partial charge in [0, 0.05) is 63.0 Å². The van der Waals surface area contributed by atoms with Crippen molar-refractivity contribution in [3.8, 4) is 0 Å². The third-order valence-corrected chi connectivity index (χ3v) is 5.68. The fourth-order valence-electron chi connectivity index (χ4n) is 4.00. The quantitative estimate of drug-likeness (QED) is 0.644. The van der Waals surface area contributed by atoms with Crippen molar-refractivity contribution in [1.29, 1.82) is 0 Å². The van der Waals surface area contributed by atoms with Crippen LogP contribution in [0, 0.1) is 5.92 Å². The number of nitrogens with zero attached hydrogens (tertiary/aromatic N) is 4. The molecular weight excluding hydrogens is 370 g/mol. The van der Waals surface area contributed by atoms with Gasteiger partial charge in [-0.05, 0) is 37.8 Å². The molecule has 1 aliphatic heterocycles. The zero-order chi connectivity index (χ0) is 20.4. The highest BCUT2D eigenvalue weighted by Gasteiger charge is 2.29. The molecule has 1 amide bonds. The Kier molecular flexibility index (Phi) is 5.33. The van der Waals surface area contributed by atoms with E-state index in [0.29, 0.717) is 56.5 Å². The molecule has 0 saturated carbocycles. The molecule has 1 fully saturated rings. The van der Waals surface area contributed by atoms with Crippen molar-refractivity contribution in [2.45, 2.75) is 32.1 Å². The highest BCUT2D eigenvalue weighted by Crippen LogP contribution is 2.22. The van der Waals surface area contributed by atoms with Crippen LogP contribution in [0.5, 0.6) is 0 Å². The number of hydrogen-bond donors (Lipinski definition) is 1. The van der Waals surface area contributed by atoms with Gasteiger partial charge in [0.15, 0.2) is 5.82 Å². The minimum Gasteiger partial charge on any atom is -0.343 e. The number of fused-ring (bicyclic) bond motifs is 1. The summed E-state index contributed by atoms with van der Waals surface area (Å²) in [5.74, 6) is 0.591. The molecule has 4 rings (SSSR count). The molecule has 1 aliphatic rings. The molecule has 0 aromatic carbocycles. The van der Waals surface area contributed by atoms with E-state index in [4.69, 9.17) is 0 Å². The Morgan fingerprint density at radius 3 is 2.76 bits per heavy atom. The van der Waals surface area contributed by atoms with Crippen LogP contribution in [-0.4, -0.2) is 48.6 Å². The lowest BCUT2D eigenvalue weighted by atomic mass is 9.92. The average molecular weight is 395 g/mol. The van der Waals surface area contributed by atoms with Crippen LogP contribution in [0.2, 0.25) is 0 Å². The highest BCUT2D eigenvalue weighted by molar-refractivity contribution is 5.95. The third kappa shape index (κ3) is 4.01. The summed E-state index contributed by atoms with van der Waals surface area (Å²) in [5.41, 5.74) is 1.33. The maximum atomic E-state index is 12.6. The SMILES string of the molecule is Cn1ccnc1C(=O)C1CCN(C(=O)CCCc2cn3cccc3c(=O)[nH]2)CC1. The Morgan fingerprint density at radius 2 is 2.03 bits per heavy atom. The summed E-state index contributed by atoms with van der Waals surface area (Å²) in [6.45, 7) is 1.21. The van der Waals surface area contributed by atoms with Gasteiger partial charge < -0.3 is 18.9 Å². The lowest BCUT2D eigenvalue weighted by Gasteiger charge is -2.31. The van der Waals surface area contributed by atoms with Crippen LogP contribution in [0.4, 0.5) is 0 Å². The summed E-state index contributed by atoms with van der Waals surface area (Å²) in [5, 5.41) is 0. The normalized spacial score (nSPS) is 15.1. The molecule has 8 nitrogen and oxygen atoms in total. The van der Waals surface area contributed by atoms with Gasteiger partial charge in [0.25, 0.3) is 5.56 Å². The number of ketones is 1. The molecular formula is C21H25N5O3. The smallest absolute Gasteiger partial charge is 0.272 e. The Balaban J connectivity index is 1.26. The van der Waals surface area contributed by atoms with Crippen molar-refractivity contribution in [1.82, 2.24) is 23.8 Å². The van der Waals surface area contributed by atoms with Gasteiger partial charge in [-0.2, -0.15) is 0 Å². The van der Waals surface area contributed by atoms with E-state index in [0.717, 1.165) is 5.69 Å². The number of Topliss-reactive ketones (excluding diaryl/α,β-unsaturated/α-hetero) is 1. The Hall–Kier alpha value is -3.16. The second-order valence-corrected chi connectivity index (χ2v) is 7.64. The number of hydrogen-bond acceptors (Lipinski definition) is 4. The van der Waals surface area contributed by atoms with E-state index in [9.17, 15) is 14.4 Å². The maximum Gasteiger partial charge on any atom is 0.272 e. The van der Waals surface area contributed by atoms with Crippen LogP contribution in [0.3, 0.4) is 0 Å². The number of aromatic nitrogens is 4. The first-order valence-corrected chi connectivity index (χ1v) is 10.0. The van der Waals surface area contributed by atoms with Crippen LogP contribution in [-0.2, 0) is 18.3 Å². The fraction of sp³-hybridized carbons (Fsp3) is 0.429. The monoisotopic (exact) mass is 395 g/mol. The van der Waals surface area contributed by atoms with Gasteiger partial charge in [-0.25, -0.2) is 4.98 Å². The molecule has 4 heterocycles. The van der Waals surface area contributed by atoms with Crippen LogP contribution in [0.1, 0.15) is 42.0 Å². The van der Waals surface area contributed by atoms with Crippen molar-refractivity contribution >= 4 is 17.2 Å². The molecule has 0 spiro atoms. The van der Waals surface area contributed by atoms with Gasteiger partial charge in [0.1, 0.15) is 5.52 Å². The van der Waals surface area contributed by atoms with Crippen molar-refractivity contribution < 1.29 is 9.59 Å². The largest absolute Gasteiger partial charge is 0.343 e. The van der Waals surface area contributed by atoms with Gasteiger partial charge in [0.05, 0.1) is 0 Å². The molecule has 1 saturated heterocycles. The van der Waals surface area contributed by atoms with E-state index < -0.39 is 0 Å². The fourth-order valence-corrected chi connectivity index (χ4v) is 4.00. The van der Waals surface area contributed by atoms with Gasteiger partial charge in [-0.15, -0.1) is 0 Å². The number of aryl methyl sites for hydroxylation is 2. The number of likely N-dealkylation sites (tertiary alicyclic amines) is 1. The molecule has 0 atom stereocenters. The number of piperidine rings is 1. The standard InChI is InChI=1S/C21H25N5O3/c1-24-13-9-22-20(24)19(28)15-7-11-25(12-8-15)18(27)6-2-4-16-14-26-10-3-5-17(26)21(29)23-16/h3,5,9-10,13-15H,2,4,6-8,11-12H2,1H3,(H,23,29). The molecule has 0 radical (unpaired) electrons. The molecule has 29 heavy (non-hydrogen) atoms. The first-order valence-electron chi connectivity index (χ1n) is 10.0. The summed E-state index contributed by atoms with van der Waals surface area (Å²) >= 11 is 0. The summed E-state index contributed by atoms with van der Waals surface area (Å²) in [7, 11) is 1.82. The average Bonchev–Trinajstić information content (AvgIpc) is 3.36. The number of aromatic amines is 1. The molecule has 3 aromatic rings. The molecule has 3 aromatic heterocycles. The zero-order valence-electron chi connectivity index (χ0n) is 16.5. The molecule has 1 N–H and O–H groups in total. The number of amides is 1. The van der Waals surface area contributed by atoms with Crippen molar-refractivity contribution in [3.63, 3.8) is 0 Å².